The molecule has 0 aromatic heterocycles. The third-order valence-corrected chi connectivity index (χ3v) is 4.04. The van der Waals surface area contributed by atoms with E-state index in [9.17, 15) is 9.59 Å². The van der Waals surface area contributed by atoms with Crippen molar-refractivity contribution >= 4 is 34.5 Å². The summed E-state index contributed by atoms with van der Waals surface area (Å²) in [5.41, 5.74) is 4.89. The molecular weight excluding hydrogens is 290 g/mol. The highest BCUT2D eigenvalue weighted by atomic mass is 16.2. The number of rotatable bonds is 5. The summed E-state index contributed by atoms with van der Waals surface area (Å²) in [6.07, 6.45) is 3.40. The van der Waals surface area contributed by atoms with Crippen molar-refractivity contribution in [1.29, 1.82) is 0 Å². The Morgan fingerprint density at radius 2 is 1.87 bits per heavy atom. The van der Waals surface area contributed by atoms with E-state index in [0.717, 1.165) is 23.9 Å². The second-order valence-corrected chi connectivity index (χ2v) is 5.50. The molecule has 0 saturated heterocycles. The molecule has 2 amide bonds. The van der Waals surface area contributed by atoms with E-state index in [1.165, 1.54) is 4.90 Å². The minimum absolute atomic E-state index is 0.210. The van der Waals surface area contributed by atoms with Gasteiger partial charge in [0, 0.05) is 34.7 Å². The molecule has 0 radical (unpaired) electrons. The van der Waals surface area contributed by atoms with Gasteiger partial charge in [0.1, 0.15) is 0 Å². The van der Waals surface area contributed by atoms with Crippen LogP contribution in [0.15, 0.2) is 35.4 Å². The van der Waals surface area contributed by atoms with Crippen molar-refractivity contribution < 1.29 is 9.59 Å². The van der Waals surface area contributed by atoms with Crippen LogP contribution in [0.4, 0.5) is 5.69 Å². The zero-order valence-corrected chi connectivity index (χ0v) is 13.3. The van der Waals surface area contributed by atoms with Crippen LogP contribution in [0.3, 0.4) is 0 Å². The van der Waals surface area contributed by atoms with Crippen LogP contribution in [-0.2, 0) is 0 Å². The molecule has 0 spiro atoms. The van der Waals surface area contributed by atoms with Crippen LogP contribution < -0.4 is 5.43 Å². The number of hydrogen-bond donors (Lipinski definition) is 1. The van der Waals surface area contributed by atoms with Gasteiger partial charge in [0.15, 0.2) is 0 Å². The Kier molecular flexibility index (Phi) is 4.10. The number of benzene rings is 2. The van der Waals surface area contributed by atoms with Gasteiger partial charge in [-0.25, -0.2) is 0 Å². The maximum Gasteiger partial charge on any atom is 0.261 e. The van der Waals surface area contributed by atoms with E-state index < -0.39 is 0 Å². The number of unbranched alkanes of at least 4 members (excludes halogenated alkanes) is 1. The number of carbonyl (C=O) groups excluding carboxylic acids is 2. The molecule has 1 aliphatic heterocycles. The highest BCUT2D eigenvalue weighted by Crippen LogP contribution is 2.34. The maximum absolute atomic E-state index is 12.7. The lowest BCUT2D eigenvalue weighted by Gasteiger charge is -2.27. The monoisotopic (exact) mass is 309 g/mol. The molecule has 1 N–H and O–H groups in total. The smallest absolute Gasteiger partial charge is 0.261 e. The third-order valence-electron chi connectivity index (χ3n) is 4.04. The van der Waals surface area contributed by atoms with Crippen molar-refractivity contribution in [3.8, 4) is 0 Å². The standard InChI is InChI=1S/C18H19N3O2/c1-3-5-11-21-17(22)13-8-6-7-12-15(20-19-4-2)10-9-14(16(12)13)18(21)23/h4,6-10,20H,3,5,11H2,1-2H3/b19-4+. The van der Waals surface area contributed by atoms with Gasteiger partial charge in [-0.3, -0.25) is 19.9 Å². The van der Waals surface area contributed by atoms with E-state index in [-0.39, 0.29) is 11.8 Å². The van der Waals surface area contributed by atoms with Gasteiger partial charge in [0.05, 0.1) is 5.69 Å². The van der Waals surface area contributed by atoms with Crippen molar-refractivity contribution in [1.82, 2.24) is 4.90 Å². The average Bonchev–Trinajstić information content (AvgIpc) is 2.58. The lowest BCUT2D eigenvalue weighted by molar-refractivity contribution is 0.0608. The van der Waals surface area contributed by atoms with Gasteiger partial charge >= 0.3 is 0 Å². The quantitative estimate of drug-likeness (QED) is 0.521. The zero-order chi connectivity index (χ0) is 16.4. The number of hydrogen-bond acceptors (Lipinski definition) is 4. The molecule has 5 heteroatoms. The van der Waals surface area contributed by atoms with Crippen molar-refractivity contribution in [3.63, 3.8) is 0 Å². The molecule has 5 nitrogen and oxygen atoms in total. The highest BCUT2D eigenvalue weighted by Gasteiger charge is 2.32. The molecule has 23 heavy (non-hydrogen) atoms. The molecule has 2 aromatic carbocycles. The number of nitrogens with zero attached hydrogens (tertiary/aromatic N) is 2. The van der Waals surface area contributed by atoms with Crippen LogP contribution in [0.25, 0.3) is 10.8 Å². The van der Waals surface area contributed by atoms with Gasteiger partial charge < -0.3 is 0 Å². The van der Waals surface area contributed by atoms with Gasteiger partial charge in [-0.1, -0.05) is 25.5 Å². The molecule has 0 fully saturated rings. The Hall–Kier alpha value is -2.69. The number of hydrazone groups is 1. The van der Waals surface area contributed by atoms with Gasteiger partial charge in [0.2, 0.25) is 0 Å². The summed E-state index contributed by atoms with van der Waals surface area (Å²) in [5, 5.41) is 5.58. The number of carbonyl (C=O) groups is 2. The molecular formula is C18H19N3O2. The highest BCUT2D eigenvalue weighted by molar-refractivity contribution is 6.26. The lowest BCUT2D eigenvalue weighted by atomic mass is 9.93. The molecule has 0 aliphatic carbocycles. The van der Waals surface area contributed by atoms with E-state index in [2.05, 4.69) is 10.5 Å². The molecule has 1 aliphatic rings. The van der Waals surface area contributed by atoms with Crippen LogP contribution in [0.2, 0.25) is 0 Å². The second kappa shape index (κ2) is 6.20. The summed E-state index contributed by atoms with van der Waals surface area (Å²) in [6, 6.07) is 9.13. The molecule has 0 unspecified atom stereocenters. The van der Waals surface area contributed by atoms with E-state index in [0.29, 0.717) is 23.1 Å². The Morgan fingerprint density at radius 3 is 2.57 bits per heavy atom. The predicted molar refractivity (Wildman–Crippen MR) is 92.0 cm³/mol. The van der Waals surface area contributed by atoms with E-state index in [1.807, 2.05) is 32.0 Å². The number of amides is 2. The minimum Gasteiger partial charge on any atom is -0.278 e. The zero-order valence-electron chi connectivity index (χ0n) is 13.3. The van der Waals surface area contributed by atoms with Gasteiger partial charge in [0.25, 0.3) is 11.8 Å². The largest absolute Gasteiger partial charge is 0.278 e. The first-order chi connectivity index (χ1) is 11.2. The molecule has 0 atom stereocenters. The summed E-state index contributed by atoms with van der Waals surface area (Å²) in [4.78, 5) is 26.8. The SMILES string of the molecule is C/C=N/Nc1ccc2c3c(cccc13)C(=O)N(CCCC)C2=O. The van der Waals surface area contributed by atoms with Crippen molar-refractivity contribution in [2.45, 2.75) is 26.7 Å². The first-order valence-electron chi connectivity index (χ1n) is 7.84. The molecule has 3 rings (SSSR count). The fraction of sp³-hybridized carbons (Fsp3) is 0.278. The molecule has 1 heterocycles. The maximum atomic E-state index is 12.7. The van der Waals surface area contributed by atoms with Gasteiger partial charge in [-0.2, -0.15) is 5.10 Å². The summed E-state index contributed by atoms with van der Waals surface area (Å²) < 4.78 is 0. The Morgan fingerprint density at radius 1 is 1.13 bits per heavy atom. The number of nitrogens with one attached hydrogen (secondary N) is 1. The number of imide groups is 1. The van der Waals surface area contributed by atoms with E-state index >= 15 is 0 Å². The van der Waals surface area contributed by atoms with Crippen LogP contribution in [0, 0.1) is 0 Å². The third kappa shape index (κ3) is 2.48. The summed E-state index contributed by atoms with van der Waals surface area (Å²) in [5.74, 6) is -0.421. The molecule has 0 bridgehead atoms. The second-order valence-electron chi connectivity index (χ2n) is 5.50. The Labute approximate surface area is 135 Å². The Balaban J connectivity index is 2.17. The summed E-state index contributed by atoms with van der Waals surface area (Å²) >= 11 is 0. The average molecular weight is 309 g/mol. The lowest BCUT2D eigenvalue weighted by Crippen LogP contribution is -2.40. The normalized spacial score (nSPS) is 14.1. The topological polar surface area (TPSA) is 61.8 Å². The molecule has 118 valence electrons. The van der Waals surface area contributed by atoms with Crippen LogP contribution in [0.1, 0.15) is 47.4 Å². The van der Waals surface area contributed by atoms with Crippen LogP contribution >= 0.6 is 0 Å². The summed E-state index contributed by atoms with van der Waals surface area (Å²) in [6.45, 7) is 4.32. The van der Waals surface area contributed by atoms with Crippen molar-refractivity contribution in [2.24, 2.45) is 5.10 Å². The van der Waals surface area contributed by atoms with E-state index in [4.69, 9.17) is 0 Å². The van der Waals surface area contributed by atoms with Crippen molar-refractivity contribution in [2.75, 3.05) is 12.0 Å². The Bertz CT molecular complexity index is 789. The van der Waals surface area contributed by atoms with Gasteiger partial charge in [-0.05, 0) is 31.5 Å². The van der Waals surface area contributed by atoms with E-state index in [1.54, 1.807) is 18.3 Å². The molecule has 0 saturated carbocycles. The van der Waals surface area contributed by atoms with Gasteiger partial charge in [-0.15, -0.1) is 0 Å². The van der Waals surface area contributed by atoms with Crippen LogP contribution in [0.5, 0.6) is 0 Å². The number of anilines is 1. The van der Waals surface area contributed by atoms with Crippen molar-refractivity contribution in [3.05, 3.63) is 41.5 Å². The predicted octanol–water partition coefficient (Wildman–Crippen LogP) is 3.65. The fourth-order valence-electron chi connectivity index (χ4n) is 2.90. The van der Waals surface area contributed by atoms with Crippen LogP contribution in [-0.4, -0.2) is 29.5 Å². The first kappa shape index (κ1) is 15.2. The fourth-order valence-corrected chi connectivity index (χ4v) is 2.90. The minimum atomic E-state index is -0.210. The first-order valence-corrected chi connectivity index (χ1v) is 7.84. The summed E-state index contributed by atoms with van der Waals surface area (Å²) in [7, 11) is 0. The molecule has 2 aromatic rings.